The third kappa shape index (κ3) is 5.82. The van der Waals surface area contributed by atoms with Crippen LogP contribution < -0.4 is 10.6 Å². The second-order valence-corrected chi connectivity index (χ2v) is 9.55. The fraction of sp³-hybridized carbons (Fsp3) is 0.444. The summed E-state index contributed by atoms with van der Waals surface area (Å²) < 4.78 is 11.2. The van der Waals surface area contributed by atoms with Crippen LogP contribution in [0, 0.1) is 11.8 Å². The van der Waals surface area contributed by atoms with Crippen LogP contribution in [0.5, 0.6) is 0 Å². The molecule has 0 aromatic heterocycles. The number of carbonyl (C=O) groups excluding carboxylic acids is 2. The molecule has 1 heterocycles. The zero-order valence-electron chi connectivity index (χ0n) is 20.0. The molecule has 35 heavy (non-hydrogen) atoms. The van der Waals surface area contributed by atoms with Gasteiger partial charge in [0.15, 0.2) is 0 Å². The van der Waals surface area contributed by atoms with Crippen molar-refractivity contribution in [3.8, 4) is 11.1 Å². The molecule has 2 aliphatic rings. The molecule has 1 aliphatic carbocycles. The molecule has 4 rings (SSSR count). The van der Waals surface area contributed by atoms with Gasteiger partial charge in [0.2, 0.25) is 5.91 Å². The Morgan fingerprint density at radius 2 is 1.69 bits per heavy atom. The number of ether oxygens (including phenoxy) is 2. The van der Waals surface area contributed by atoms with Crippen LogP contribution in [-0.2, 0) is 19.1 Å². The van der Waals surface area contributed by atoms with Crippen LogP contribution in [0.15, 0.2) is 48.5 Å². The average molecular weight is 481 g/mol. The topological polar surface area (TPSA) is 114 Å². The summed E-state index contributed by atoms with van der Waals surface area (Å²) >= 11 is 0. The molecule has 2 amide bonds. The van der Waals surface area contributed by atoms with Gasteiger partial charge < -0.3 is 25.2 Å². The van der Waals surface area contributed by atoms with E-state index in [1.807, 2.05) is 38.1 Å². The minimum absolute atomic E-state index is 0.00315. The summed E-state index contributed by atoms with van der Waals surface area (Å²) in [4.78, 5) is 36.0. The van der Waals surface area contributed by atoms with E-state index >= 15 is 0 Å². The third-order valence-corrected chi connectivity index (χ3v) is 6.80. The van der Waals surface area contributed by atoms with Crippen molar-refractivity contribution in [2.45, 2.75) is 44.8 Å². The predicted molar refractivity (Wildman–Crippen MR) is 130 cm³/mol. The van der Waals surface area contributed by atoms with Gasteiger partial charge in [-0.3, -0.25) is 9.59 Å². The fourth-order valence-corrected chi connectivity index (χ4v) is 4.82. The lowest BCUT2D eigenvalue weighted by atomic mass is 9.98. The van der Waals surface area contributed by atoms with E-state index < -0.39 is 18.1 Å². The molecule has 8 heteroatoms. The molecule has 0 radical (unpaired) electrons. The van der Waals surface area contributed by atoms with Crippen LogP contribution in [-0.4, -0.2) is 55.0 Å². The van der Waals surface area contributed by atoms with Gasteiger partial charge in [0.1, 0.15) is 6.61 Å². The Morgan fingerprint density at radius 1 is 1.06 bits per heavy atom. The Balaban J connectivity index is 1.24. The number of aliphatic carboxylic acids is 1. The summed E-state index contributed by atoms with van der Waals surface area (Å²) in [7, 11) is 0. The minimum atomic E-state index is -0.947. The van der Waals surface area contributed by atoms with Gasteiger partial charge in [-0.1, -0.05) is 62.4 Å². The van der Waals surface area contributed by atoms with Crippen molar-refractivity contribution in [3.63, 3.8) is 0 Å². The van der Waals surface area contributed by atoms with E-state index in [1.54, 1.807) is 0 Å². The third-order valence-electron chi connectivity index (χ3n) is 6.80. The van der Waals surface area contributed by atoms with Crippen LogP contribution in [0.2, 0.25) is 0 Å². The molecule has 3 N–H and O–H groups in total. The minimum Gasteiger partial charge on any atom is -0.481 e. The van der Waals surface area contributed by atoms with Gasteiger partial charge in [-0.05, 0) is 34.6 Å². The molecule has 1 saturated heterocycles. The Bertz CT molecular complexity index is 1040. The highest BCUT2D eigenvalue weighted by atomic mass is 16.5. The molecule has 0 saturated carbocycles. The number of hydrogen-bond donors (Lipinski definition) is 3. The van der Waals surface area contributed by atoms with Gasteiger partial charge >= 0.3 is 12.1 Å². The molecule has 3 atom stereocenters. The van der Waals surface area contributed by atoms with E-state index in [0.29, 0.717) is 6.42 Å². The molecule has 2 aromatic rings. The highest BCUT2D eigenvalue weighted by Crippen LogP contribution is 2.44. The Morgan fingerprint density at radius 3 is 2.29 bits per heavy atom. The number of nitrogens with one attached hydrogen (secondary N) is 2. The van der Waals surface area contributed by atoms with Crippen LogP contribution in [0.25, 0.3) is 11.1 Å². The number of alkyl carbamates (subject to hydrolysis) is 1. The molecule has 2 aromatic carbocycles. The van der Waals surface area contributed by atoms with Gasteiger partial charge in [-0.2, -0.15) is 0 Å². The summed E-state index contributed by atoms with van der Waals surface area (Å²) in [6, 6.07) is 15.9. The number of carboxylic acid groups (broad SMARTS) is 1. The van der Waals surface area contributed by atoms with Gasteiger partial charge in [0, 0.05) is 18.5 Å². The number of hydrogen-bond acceptors (Lipinski definition) is 5. The van der Waals surface area contributed by atoms with Crippen LogP contribution in [0.3, 0.4) is 0 Å². The first-order valence-electron chi connectivity index (χ1n) is 12.1. The van der Waals surface area contributed by atoms with Gasteiger partial charge in [-0.15, -0.1) is 0 Å². The lowest BCUT2D eigenvalue weighted by Crippen LogP contribution is -2.43. The molecule has 186 valence electrons. The van der Waals surface area contributed by atoms with E-state index in [0.717, 1.165) is 11.1 Å². The second kappa shape index (κ2) is 10.9. The number of fused-ring (bicyclic) bond motifs is 3. The maximum atomic E-state index is 12.6. The molecule has 0 unspecified atom stereocenters. The standard InChI is InChI=1S/C27H32N2O6/c1-16(2)24(12-25(30)31)29-26(32)17-11-18(34-14-17)13-28-27(33)35-15-23-21-9-5-3-7-19(21)20-8-4-6-10-22(20)23/h3-10,16-18,23-24H,11-15H2,1-2H3,(H,28,33)(H,29,32)(H,30,31)/t17-,18-,24-/m0/s1. The number of rotatable bonds is 9. The highest BCUT2D eigenvalue weighted by Gasteiger charge is 2.33. The Labute approximate surface area is 205 Å². The van der Waals surface area contributed by atoms with Crippen LogP contribution in [0.1, 0.15) is 43.7 Å². The summed E-state index contributed by atoms with van der Waals surface area (Å²) in [5.41, 5.74) is 4.64. The zero-order valence-corrected chi connectivity index (χ0v) is 20.0. The first-order chi connectivity index (χ1) is 16.8. The lowest BCUT2D eigenvalue weighted by Gasteiger charge is -2.22. The van der Waals surface area contributed by atoms with Gasteiger partial charge in [-0.25, -0.2) is 4.79 Å². The van der Waals surface area contributed by atoms with E-state index in [4.69, 9.17) is 14.6 Å². The average Bonchev–Trinajstić information content (AvgIpc) is 3.44. The summed E-state index contributed by atoms with van der Waals surface area (Å²) in [5.74, 6) is -1.54. The van der Waals surface area contributed by atoms with Crippen molar-refractivity contribution in [2.24, 2.45) is 11.8 Å². The lowest BCUT2D eigenvalue weighted by molar-refractivity contribution is -0.138. The monoisotopic (exact) mass is 480 g/mol. The smallest absolute Gasteiger partial charge is 0.407 e. The van der Waals surface area contributed by atoms with Crippen molar-refractivity contribution in [1.82, 2.24) is 10.6 Å². The zero-order chi connectivity index (χ0) is 24.9. The SMILES string of the molecule is CC(C)[C@H](CC(=O)O)NC(=O)[C@@H]1CO[C@H](CNC(=O)OCC2c3ccccc3-c3ccccc32)C1. The van der Waals surface area contributed by atoms with E-state index in [-0.39, 0.29) is 55.9 Å². The summed E-state index contributed by atoms with van der Waals surface area (Å²) in [6.07, 6.45) is -0.496. The van der Waals surface area contributed by atoms with Crippen molar-refractivity contribution >= 4 is 18.0 Å². The Kier molecular flexibility index (Phi) is 7.70. The number of carbonyl (C=O) groups is 3. The van der Waals surface area contributed by atoms with Crippen LogP contribution >= 0.6 is 0 Å². The maximum Gasteiger partial charge on any atom is 0.407 e. The summed E-state index contributed by atoms with van der Waals surface area (Å²) in [5, 5.41) is 14.6. The maximum absolute atomic E-state index is 12.6. The van der Waals surface area contributed by atoms with Crippen molar-refractivity contribution in [2.75, 3.05) is 19.8 Å². The van der Waals surface area contributed by atoms with E-state index in [2.05, 4.69) is 34.9 Å². The predicted octanol–water partition coefficient (Wildman–Crippen LogP) is 3.55. The molecule has 1 fully saturated rings. The van der Waals surface area contributed by atoms with Gasteiger partial charge in [0.05, 0.1) is 25.0 Å². The molecule has 0 bridgehead atoms. The number of amides is 2. The quantitative estimate of drug-likeness (QED) is 0.506. The molecule has 8 nitrogen and oxygen atoms in total. The molecule has 0 spiro atoms. The molecular formula is C27H32N2O6. The van der Waals surface area contributed by atoms with Gasteiger partial charge in [0.25, 0.3) is 0 Å². The highest BCUT2D eigenvalue weighted by molar-refractivity contribution is 5.80. The van der Waals surface area contributed by atoms with Crippen molar-refractivity contribution < 1.29 is 29.0 Å². The van der Waals surface area contributed by atoms with E-state index in [1.165, 1.54) is 11.1 Å². The molecular weight excluding hydrogens is 448 g/mol. The largest absolute Gasteiger partial charge is 0.481 e. The van der Waals surface area contributed by atoms with Crippen LogP contribution in [0.4, 0.5) is 4.79 Å². The normalized spacial score (nSPS) is 19.6. The first-order valence-corrected chi connectivity index (χ1v) is 12.1. The van der Waals surface area contributed by atoms with Crippen molar-refractivity contribution in [3.05, 3.63) is 59.7 Å². The number of carboxylic acids is 1. The Hall–Kier alpha value is -3.39. The van der Waals surface area contributed by atoms with Crippen molar-refractivity contribution in [1.29, 1.82) is 0 Å². The summed E-state index contributed by atoms with van der Waals surface area (Å²) in [6.45, 7) is 4.46. The second-order valence-electron chi connectivity index (χ2n) is 9.55. The molecule has 1 aliphatic heterocycles. The van der Waals surface area contributed by atoms with E-state index in [9.17, 15) is 14.4 Å². The fourth-order valence-electron chi connectivity index (χ4n) is 4.82. The first kappa shape index (κ1) is 24.7. The number of benzene rings is 2.